The molecule has 0 aromatic heterocycles. The molecule has 10 heteroatoms. The van der Waals surface area contributed by atoms with Crippen molar-refractivity contribution in [1.82, 2.24) is 10.6 Å². The second-order valence-corrected chi connectivity index (χ2v) is 10.7. The molecule has 37 heavy (non-hydrogen) atoms. The van der Waals surface area contributed by atoms with E-state index < -0.39 is 46.2 Å². The van der Waals surface area contributed by atoms with Crippen LogP contribution in [0.25, 0.3) is 0 Å². The van der Waals surface area contributed by atoms with Gasteiger partial charge in [0.25, 0.3) is 0 Å². The summed E-state index contributed by atoms with van der Waals surface area (Å²) in [5, 5.41) is 6.36. The Morgan fingerprint density at radius 1 is 0.892 bits per heavy atom. The maximum atomic E-state index is 13.3. The van der Waals surface area contributed by atoms with E-state index in [9.17, 15) is 31.1 Å². The normalized spacial score (nSPS) is 26.8. The molecule has 202 valence electrons. The van der Waals surface area contributed by atoms with Gasteiger partial charge in [0.15, 0.2) is 0 Å². The lowest BCUT2D eigenvalue weighted by molar-refractivity contribution is -0.143. The Morgan fingerprint density at radius 2 is 1.43 bits per heavy atom. The maximum Gasteiger partial charge on any atom is 0.416 e. The molecule has 1 amide bonds. The van der Waals surface area contributed by atoms with Crippen molar-refractivity contribution in [2.75, 3.05) is 6.61 Å². The van der Waals surface area contributed by atoms with Crippen LogP contribution in [0.3, 0.4) is 0 Å². The third-order valence-corrected chi connectivity index (χ3v) is 7.55. The highest BCUT2D eigenvalue weighted by atomic mass is 19.4. The number of hydrogen-bond acceptors (Lipinski definition) is 3. The van der Waals surface area contributed by atoms with Crippen LogP contribution in [0.2, 0.25) is 0 Å². The molecule has 0 radical (unpaired) electrons. The number of amides is 1. The van der Waals surface area contributed by atoms with Crippen molar-refractivity contribution in [3.8, 4) is 0 Å². The summed E-state index contributed by atoms with van der Waals surface area (Å²) >= 11 is 0. The number of alkyl halides is 6. The van der Waals surface area contributed by atoms with Gasteiger partial charge in [-0.25, -0.2) is 0 Å². The lowest BCUT2D eigenvalue weighted by Crippen LogP contribution is -2.55. The second kappa shape index (κ2) is 9.31. The molecule has 0 bridgehead atoms. The SMILES string of the molecule is C[C@@H](OCC1(c2ccccc2)CCC2(CC1)NC(C)(C)NC2=O)c1cc(C(F)(F)F)cc(C(F)(F)F)c1. The fourth-order valence-corrected chi connectivity index (χ4v) is 5.50. The van der Waals surface area contributed by atoms with Gasteiger partial charge in [0.2, 0.25) is 5.91 Å². The zero-order valence-electron chi connectivity index (χ0n) is 20.8. The lowest BCUT2D eigenvalue weighted by Gasteiger charge is -2.45. The van der Waals surface area contributed by atoms with E-state index >= 15 is 0 Å². The first-order valence-corrected chi connectivity index (χ1v) is 12.1. The van der Waals surface area contributed by atoms with E-state index in [1.54, 1.807) is 0 Å². The van der Waals surface area contributed by atoms with E-state index in [1.165, 1.54) is 6.92 Å². The topological polar surface area (TPSA) is 50.4 Å². The highest BCUT2D eigenvalue weighted by Crippen LogP contribution is 2.46. The van der Waals surface area contributed by atoms with Crippen LogP contribution in [0, 0.1) is 0 Å². The smallest absolute Gasteiger partial charge is 0.373 e. The number of ether oxygens (including phenoxy) is 1. The molecule has 2 aliphatic rings. The Hall–Kier alpha value is -2.59. The zero-order chi connectivity index (χ0) is 27.3. The van der Waals surface area contributed by atoms with Gasteiger partial charge in [0, 0.05) is 5.41 Å². The summed E-state index contributed by atoms with van der Waals surface area (Å²) in [6.07, 6.45) is -8.75. The minimum absolute atomic E-state index is 0.0721. The highest BCUT2D eigenvalue weighted by molar-refractivity contribution is 5.89. The Kier molecular flexibility index (Phi) is 6.90. The van der Waals surface area contributed by atoms with Gasteiger partial charge in [0.05, 0.1) is 35.0 Å². The molecule has 2 aromatic carbocycles. The van der Waals surface area contributed by atoms with Gasteiger partial charge in [-0.2, -0.15) is 26.3 Å². The molecule has 2 aromatic rings. The van der Waals surface area contributed by atoms with E-state index in [-0.39, 0.29) is 24.1 Å². The number of benzene rings is 2. The maximum absolute atomic E-state index is 13.3. The molecule has 1 saturated heterocycles. The summed E-state index contributed by atoms with van der Waals surface area (Å²) in [6, 6.07) is 11.0. The van der Waals surface area contributed by atoms with Crippen molar-refractivity contribution >= 4 is 5.91 Å². The van der Waals surface area contributed by atoms with E-state index in [2.05, 4.69) is 10.6 Å². The molecule has 4 rings (SSSR count). The minimum Gasteiger partial charge on any atom is -0.373 e. The summed E-state index contributed by atoms with van der Waals surface area (Å²) < 4.78 is 86.1. The quantitative estimate of drug-likeness (QED) is 0.435. The predicted octanol–water partition coefficient (Wildman–Crippen LogP) is 6.51. The molecular weight excluding hydrogens is 498 g/mol. The molecule has 1 aliphatic heterocycles. The molecule has 2 fully saturated rings. The van der Waals surface area contributed by atoms with Gasteiger partial charge in [-0.1, -0.05) is 30.3 Å². The van der Waals surface area contributed by atoms with Gasteiger partial charge in [-0.3, -0.25) is 10.1 Å². The van der Waals surface area contributed by atoms with Gasteiger partial charge >= 0.3 is 12.4 Å². The molecule has 0 unspecified atom stereocenters. The van der Waals surface area contributed by atoms with Crippen LogP contribution in [0.4, 0.5) is 26.3 Å². The van der Waals surface area contributed by atoms with Crippen LogP contribution >= 0.6 is 0 Å². The van der Waals surface area contributed by atoms with Gasteiger partial charge in [-0.05, 0) is 75.8 Å². The van der Waals surface area contributed by atoms with Crippen molar-refractivity contribution in [1.29, 1.82) is 0 Å². The Bertz CT molecular complexity index is 1100. The van der Waals surface area contributed by atoms with E-state index in [0.717, 1.165) is 5.56 Å². The summed E-state index contributed by atoms with van der Waals surface area (Å²) in [4.78, 5) is 12.8. The standard InChI is InChI=1S/C27H30F6N2O2/c1-17(18-13-20(26(28,29)30)15-21(14-18)27(31,32)33)37-16-24(19-7-5-4-6-8-19)9-11-25(12-10-24)22(36)34-23(2,3)35-25/h4-8,13-15,17,35H,9-12,16H2,1-3H3,(H,34,36)/t17-,24?,25?/m1/s1. The Balaban J connectivity index is 1.59. The molecule has 1 spiro atoms. The highest BCUT2D eigenvalue weighted by Gasteiger charge is 2.54. The van der Waals surface area contributed by atoms with Crippen LogP contribution in [0.5, 0.6) is 0 Å². The van der Waals surface area contributed by atoms with Crippen molar-refractivity contribution in [2.24, 2.45) is 0 Å². The van der Waals surface area contributed by atoms with Crippen LogP contribution < -0.4 is 10.6 Å². The van der Waals surface area contributed by atoms with Crippen LogP contribution in [-0.4, -0.2) is 23.7 Å². The van der Waals surface area contributed by atoms with E-state index in [1.807, 2.05) is 44.2 Å². The second-order valence-electron chi connectivity index (χ2n) is 10.7. The Morgan fingerprint density at radius 3 is 1.89 bits per heavy atom. The summed E-state index contributed by atoms with van der Waals surface area (Å²) in [6.45, 7) is 5.30. The fraction of sp³-hybridized carbons (Fsp3) is 0.519. The fourth-order valence-electron chi connectivity index (χ4n) is 5.50. The average molecular weight is 529 g/mol. The number of hydrogen-bond donors (Lipinski definition) is 2. The molecule has 1 heterocycles. The summed E-state index contributed by atoms with van der Waals surface area (Å²) in [7, 11) is 0. The summed E-state index contributed by atoms with van der Waals surface area (Å²) in [5.74, 6) is -0.0721. The number of rotatable bonds is 5. The lowest BCUT2D eigenvalue weighted by atomic mass is 9.64. The first kappa shape index (κ1) is 27.4. The predicted molar refractivity (Wildman–Crippen MR) is 125 cm³/mol. The van der Waals surface area contributed by atoms with Gasteiger partial charge < -0.3 is 10.1 Å². The molecule has 2 N–H and O–H groups in total. The van der Waals surface area contributed by atoms with Crippen LogP contribution in [0.15, 0.2) is 48.5 Å². The third-order valence-electron chi connectivity index (χ3n) is 7.55. The number of carbonyl (C=O) groups excluding carboxylic acids is 1. The number of carbonyl (C=O) groups is 1. The monoisotopic (exact) mass is 528 g/mol. The molecule has 1 atom stereocenters. The van der Waals surface area contributed by atoms with Gasteiger partial charge in [-0.15, -0.1) is 0 Å². The molecule has 1 saturated carbocycles. The third kappa shape index (κ3) is 5.65. The summed E-state index contributed by atoms with van der Waals surface area (Å²) in [5.41, 5.74) is -3.81. The van der Waals surface area contributed by atoms with Crippen molar-refractivity contribution in [3.63, 3.8) is 0 Å². The Labute approximate surface area is 211 Å². The van der Waals surface area contributed by atoms with Crippen molar-refractivity contribution in [2.45, 2.75) is 81.5 Å². The largest absolute Gasteiger partial charge is 0.416 e. The minimum atomic E-state index is -4.93. The van der Waals surface area contributed by atoms with Crippen molar-refractivity contribution in [3.05, 3.63) is 70.8 Å². The van der Waals surface area contributed by atoms with E-state index in [0.29, 0.717) is 37.8 Å². The first-order chi connectivity index (χ1) is 17.1. The van der Waals surface area contributed by atoms with Gasteiger partial charge in [0.1, 0.15) is 0 Å². The first-order valence-electron chi connectivity index (χ1n) is 12.1. The number of halogens is 6. The van der Waals surface area contributed by atoms with E-state index in [4.69, 9.17) is 4.74 Å². The van der Waals surface area contributed by atoms with Crippen LogP contribution in [-0.2, 0) is 27.3 Å². The average Bonchev–Trinajstić information content (AvgIpc) is 3.05. The van der Waals surface area contributed by atoms with Crippen molar-refractivity contribution < 1.29 is 35.9 Å². The number of nitrogens with one attached hydrogen (secondary N) is 2. The molecule has 1 aliphatic carbocycles. The zero-order valence-corrected chi connectivity index (χ0v) is 20.8. The van der Waals surface area contributed by atoms with Crippen LogP contribution in [0.1, 0.15) is 74.8 Å². The molecular formula is C27H30F6N2O2. The molecule has 4 nitrogen and oxygen atoms in total.